The SMILES string of the molecule is CCNc1nc(Nc2cn(C3CCc4cnsc43)nc2C)ncc1C(F)(F)F. The number of fused-ring (bicyclic) bond motifs is 1. The number of anilines is 3. The average molecular weight is 409 g/mol. The molecule has 0 saturated heterocycles. The predicted octanol–water partition coefficient (Wildman–Crippen LogP) is 4.17. The van der Waals surface area contributed by atoms with Gasteiger partial charge in [-0.15, -0.1) is 0 Å². The highest BCUT2D eigenvalue weighted by atomic mass is 32.1. The Morgan fingerprint density at radius 2 is 2.14 bits per heavy atom. The van der Waals surface area contributed by atoms with Gasteiger partial charge in [0, 0.05) is 25.1 Å². The van der Waals surface area contributed by atoms with Crippen LogP contribution in [0.15, 0.2) is 18.6 Å². The van der Waals surface area contributed by atoms with Crippen molar-refractivity contribution >= 4 is 29.0 Å². The van der Waals surface area contributed by atoms with Crippen LogP contribution in [-0.2, 0) is 12.6 Å². The van der Waals surface area contributed by atoms with Crippen molar-refractivity contribution in [2.45, 2.75) is 38.9 Å². The number of nitrogens with one attached hydrogen (secondary N) is 2. The van der Waals surface area contributed by atoms with E-state index < -0.39 is 11.7 Å². The first-order valence-electron chi connectivity index (χ1n) is 8.81. The van der Waals surface area contributed by atoms with Crippen LogP contribution in [0.3, 0.4) is 0 Å². The van der Waals surface area contributed by atoms with Crippen LogP contribution in [0, 0.1) is 6.92 Å². The van der Waals surface area contributed by atoms with Crippen LogP contribution in [-0.4, -0.2) is 30.7 Å². The van der Waals surface area contributed by atoms with Crippen LogP contribution in [0.5, 0.6) is 0 Å². The third-order valence-electron chi connectivity index (χ3n) is 4.59. The molecule has 1 unspecified atom stereocenters. The van der Waals surface area contributed by atoms with Gasteiger partial charge in [0.15, 0.2) is 0 Å². The summed E-state index contributed by atoms with van der Waals surface area (Å²) in [5.74, 6) is -0.167. The van der Waals surface area contributed by atoms with E-state index in [0.29, 0.717) is 17.9 Å². The topological polar surface area (TPSA) is 80.5 Å². The van der Waals surface area contributed by atoms with Gasteiger partial charge >= 0.3 is 6.18 Å². The third-order valence-corrected chi connectivity index (χ3v) is 5.53. The summed E-state index contributed by atoms with van der Waals surface area (Å²) in [6, 6.07) is 0.127. The number of hydrogen-bond donors (Lipinski definition) is 2. The zero-order chi connectivity index (χ0) is 19.9. The summed E-state index contributed by atoms with van der Waals surface area (Å²) in [4.78, 5) is 9.04. The van der Waals surface area contributed by atoms with Gasteiger partial charge in [0.05, 0.1) is 22.3 Å². The summed E-state index contributed by atoms with van der Waals surface area (Å²) in [5.41, 5.74) is 1.72. The largest absolute Gasteiger partial charge is 0.421 e. The second kappa shape index (κ2) is 7.04. The summed E-state index contributed by atoms with van der Waals surface area (Å²) in [6.07, 6.45) is 1.91. The molecule has 4 rings (SSSR count). The number of alkyl halides is 3. The molecule has 0 radical (unpaired) electrons. The van der Waals surface area contributed by atoms with Crippen molar-refractivity contribution in [1.82, 2.24) is 24.1 Å². The van der Waals surface area contributed by atoms with E-state index in [0.717, 1.165) is 19.0 Å². The van der Waals surface area contributed by atoms with Crippen molar-refractivity contribution in [2.75, 3.05) is 17.2 Å². The molecule has 0 spiro atoms. The Morgan fingerprint density at radius 3 is 2.89 bits per heavy atom. The van der Waals surface area contributed by atoms with E-state index in [-0.39, 0.29) is 17.8 Å². The van der Waals surface area contributed by atoms with E-state index in [9.17, 15) is 13.2 Å². The smallest absolute Gasteiger partial charge is 0.370 e. The Bertz CT molecular complexity index is 995. The van der Waals surface area contributed by atoms with Crippen LogP contribution in [0.1, 0.15) is 41.1 Å². The maximum Gasteiger partial charge on any atom is 0.421 e. The zero-order valence-electron chi connectivity index (χ0n) is 15.2. The number of rotatable bonds is 5. The molecule has 0 bridgehead atoms. The van der Waals surface area contributed by atoms with Crippen molar-refractivity contribution in [2.24, 2.45) is 0 Å². The minimum Gasteiger partial charge on any atom is -0.370 e. The fourth-order valence-electron chi connectivity index (χ4n) is 3.24. The van der Waals surface area contributed by atoms with Crippen LogP contribution >= 0.6 is 11.5 Å². The molecule has 0 aliphatic heterocycles. The van der Waals surface area contributed by atoms with Gasteiger partial charge in [0.25, 0.3) is 0 Å². The van der Waals surface area contributed by atoms with E-state index >= 15 is 0 Å². The maximum absolute atomic E-state index is 13.1. The molecule has 0 aromatic carbocycles. The Morgan fingerprint density at radius 1 is 1.32 bits per heavy atom. The maximum atomic E-state index is 13.1. The van der Waals surface area contributed by atoms with Gasteiger partial charge in [-0.25, -0.2) is 9.36 Å². The highest BCUT2D eigenvalue weighted by molar-refractivity contribution is 7.06. The quantitative estimate of drug-likeness (QED) is 0.658. The molecule has 148 valence electrons. The van der Waals surface area contributed by atoms with E-state index in [1.807, 2.05) is 24.0 Å². The van der Waals surface area contributed by atoms with Crippen LogP contribution in [0.4, 0.5) is 30.6 Å². The Labute approximate surface area is 163 Å². The monoisotopic (exact) mass is 409 g/mol. The second-order valence-corrected chi connectivity index (χ2v) is 7.32. The average Bonchev–Trinajstić information content (AvgIpc) is 3.31. The molecule has 0 saturated carbocycles. The first-order chi connectivity index (χ1) is 13.4. The van der Waals surface area contributed by atoms with Gasteiger partial charge in [0.1, 0.15) is 11.4 Å². The molecule has 3 heterocycles. The Balaban J connectivity index is 1.60. The number of aromatic nitrogens is 5. The van der Waals surface area contributed by atoms with Gasteiger partial charge in [-0.05, 0) is 43.8 Å². The highest BCUT2D eigenvalue weighted by Gasteiger charge is 2.35. The number of aryl methyl sites for hydroxylation is 2. The van der Waals surface area contributed by atoms with Crippen molar-refractivity contribution in [1.29, 1.82) is 0 Å². The van der Waals surface area contributed by atoms with Crippen molar-refractivity contribution in [3.05, 3.63) is 40.3 Å². The van der Waals surface area contributed by atoms with E-state index in [1.165, 1.54) is 22.0 Å². The number of nitrogens with zero attached hydrogens (tertiary/aromatic N) is 5. The molecule has 1 aliphatic rings. The molecule has 3 aromatic heterocycles. The second-order valence-electron chi connectivity index (χ2n) is 6.49. The van der Waals surface area contributed by atoms with E-state index in [2.05, 4.69) is 30.1 Å². The molecular weight excluding hydrogens is 391 g/mol. The van der Waals surface area contributed by atoms with Gasteiger partial charge in [-0.1, -0.05) is 0 Å². The summed E-state index contributed by atoms with van der Waals surface area (Å²) in [6.45, 7) is 3.85. The van der Waals surface area contributed by atoms with Crippen LogP contribution in [0.2, 0.25) is 0 Å². The lowest BCUT2D eigenvalue weighted by Crippen LogP contribution is -2.14. The summed E-state index contributed by atoms with van der Waals surface area (Å²) >= 11 is 1.47. The minimum atomic E-state index is -4.52. The van der Waals surface area contributed by atoms with Crippen molar-refractivity contribution in [3.8, 4) is 0 Å². The fourth-order valence-corrected chi connectivity index (χ4v) is 4.16. The number of halogens is 3. The lowest BCUT2D eigenvalue weighted by atomic mass is 10.3. The molecule has 3 aromatic rings. The summed E-state index contributed by atoms with van der Waals surface area (Å²) < 4.78 is 45.4. The van der Waals surface area contributed by atoms with Gasteiger partial charge in [-0.3, -0.25) is 4.68 Å². The predicted molar refractivity (Wildman–Crippen MR) is 100 cm³/mol. The van der Waals surface area contributed by atoms with Gasteiger partial charge < -0.3 is 10.6 Å². The van der Waals surface area contributed by atoms with Crippen LogP contribution in [0.25, 0.3) is 0 Å². The molecule has 1 aliphatic carbocycles. The van der Waals surface area contributed by atoms with Crippen molar-refractivity contribution in [3.63, 3.8) is 0 Å². The van der Waals surface area contributed by atoms with Crippen molar-refractivity contribution < 1.29 is 13.2 Å². The molecular formula is C17H18F3N7S. The first-order valence-corrected chi connectivity index (χ1v) is 9.58. The molecule has 7 nitrogen and oxygen atoms in total. The fraction of sp³-hybridized carbons (Fsp3) is 0.412. The first kappa shape index (κ1) is 18.7. The molecule has 2 N–H and O–H groups in total. The summed E-state index contributed by atoms with van der Waals surface area (Å²) in [5, 5.41) is 10.2. The molecule has 0 fully saturated rings. The molecule has 11 heteroatoms. The standard InChI is InChI=1S/C17H18F3N7S/c1-3-21-15-11(17(18,19)20)7-22-16(25-15)24-12-8-27(26-9(12)2)13-5-4-10-6-23-28-14(10)13/h6-8,13H,3-5H2,1-2H3,(H2,21,22,24,25). The zero-order valence-corrected chi connectivity index (χ0v) is 16.0. The van der Waals surface area contributed by atoms with Crippen LogP contribution < -0.4 is 10.6 Å². The third kappa shape index (κ3) is 3.41. The minimum absolute atomic E-state index is 0.0801. The highest BCUT2D eigenvalue weighted by Crippen LogP contribution is 2.38. The molecule has 28 heavy (non-hydrogen) atoms. The lowest BCUT2D eigenvalue weighted by Gasteiger charge is -2.13. The van der Waals surface area contributed by atoms with E-state index in [1.54, 1.807) is 6.92 Å². The summed E-state index contributed by atoms with van der Waals surface area (Å²) in [7, 11) is 0. The van der Waals surface area contributed by atoms with Gasteiger partial charge in [-0.2, -0.15) is 23.3 Å². The lowest BCUT2D eigenvalue weighted by molar-refractivity contribution is -0.137. The van der Waals surface area contributed by atoms with Gasteiger partial charge in [0.2, 0.25) is 5.95 Å². The Kier molecular flexibility index (Phi) is 4.69. The Hall–Kier alpha value is -2.69. The normalized spacial score (nSPS) is 16.2. The molecule has 0 amide bonds. The molecule has 1 atom stereocenters. The van der Waals surface area contributed by atoms with E-state index in [4.69, 9.17) is 0 Å². The number of hydrogen-bond acceptors (Lipinski definition) is 7.